The average molecular weight is 506 g/mol. The van der Waals surface area contributed by atoms with Crippen molar-refractivity contribution in [1.82, 2.24) is 9.21 Å². The normalized spacial score (nSPS) is 18.2. The number of amides is 1. The number of nitrogens with zero attached hydrogens (tertiary/aromatic N) is 3. The molecule has 0 radical (unpaired) electrons. The van der Waals surface area contributed by atoms with E-state index in [0.29, 0.717) is 49.8 Å². The molecule has 0 spiro atoms. The Labute approximate surface area is 207 Å². The lowest BCUT2D eigenvalue weighted by molar-refractivity contribution is -0.137. The van der Waals surface area contributed by atoms with Gasteiger partial charge in [-0.1, -0.05) is 23.7 Å². The smallest absolute Gasteiger partial charge is 0.246 e. The summed E-state index contributed by atoms with van der Waals surface area (Å²) < 4.78 is 33.3. The van der Waals surface area contributed by atoms with Gasteiger partial charge in [-0.25, -0.2) is 8.42 Å². The predicted molar refractivity (Wildman–Crippen MR) is 134 cm³/mol. The lowest BCUT2D eigenvalue weighted by atomic mass is 9.96. The number of piperidine rings is 1. The van der Waals surface area contributed by atoms with E-state index in [0.717, 1.165) is 24.3 Å². The number of halogens is 1. The summed E-state index contributed by atoms with van der Waals surface area (Å²) in [5.41, 5.74) is 3.14. The first kappa shape index (κ1) is 24.8. The molecule has 184 valence electrons. The highest BCUT2D eigenvalue weighted by Gasteiger charge is 2.36. The van der Waals surface area contributed by atoms with Crippen molar-refractivity contribution in [2.45, 2.75) is 31.6 Å². The quantitative estimate of drug-likeness (QED) is 0.619. The van der Waals surface area contributed by atoms with E-state index in [1.165, 1.54) is 17.0 Å². The van der Waals surface area contributed by atoms with Gasteiger partial charge < -0.3 is 14.5 Å². The summed E-state index contributed by atoms with van der Waals surface area (Å²) in [5.74, 6) is 0.328. The number of piperazine rings is 1. The van der Waals surface area contributed by atoms with E-state index in [4.69, 9.17) is 16.3 Å². The summed E-state index contributed by atoms with van der Waals surface area (Å²) in [6.07, 6.45) is 1.06. The Morgan fingerprint density at radius 1 is 0.971 bits per heavy atom. The molecule has 0 N–H and O–H groups in total. The van der Waals surface area contributed by atoms with Crippen molar-refractivity contribution in [3.63, 3.8) is 0 Å². The van der Waals surface area contributed by atoms with Gasteiger partial charge in [-0.05, 0) is 62.1 Å². The molecule has 2 aromatic rings. The number of anilines is 1. The van der Waals surface area contributed by atoms with Gasteiger partial charge in [-0.15, -0.1) is 0 Å². The molecule has 9 heteroatoms. The maximum Gasteiger partial charge on any atom is 0.246 e. The van der Waals surface area contributed by atoms with Crippen molar-refractivity contribution in [2.75, 3.05) is 51.3 Å². The molecule has 0 saturated carbocycles. The monoisotopic (exact) mass is 505 g/mol. The second-order valence-corrected chi connectivity index (χ2v) is 11.4. The fourth-order valence-electron chi connectivity index (χ4n) is 4.82. The van der Waals surface area contributed by atoms with Crippen molar-refractivity contribution in [3.05, 3.63) is 52.5 Å². The first-order valence-corrected chi connectivity index (χ1v) is 13.5. The number of hydrogen-bond acceptors (Lipinski definition) is 5. The second-order valence-electron chi connectivity index (χ2n) is 9.08. The van der Waals surface area contributed by atoms with Crippen molar-refractivity contribution >= 4 is 33.2 Å². The Bertz CT molecular complexity index is 1150. The Morgan fingerprint density at radius 3 is 2.29 bits per heavy atom. The van der Waals surface area contributed by atoms with Crippen LogP contribution in [-0.4, -0.2) is 69.9 Å². The summed E-state index contributed by atoms with van der Waals surface area (Å²) in [7, 11) is -2.21. The van der Waals surface area contributed by atoms with E-state index >= 15 is 0 Å². The highest BCUT2D eigenvalue weighted by atomic mass is 35.5. The van der Waals surface area contributed by atoms with Crippen LogP contribution in [0.2, 0.25) is 5.02 Å². The van der Waals surface area contributed by atoms with Gasteiger partial charge in [0.1, 0.15) is 10.6 Å². The van der Waals surface area contributed by atoms with Gasteiger partial charge >= 0.3 is 0 Å². The average Bonchev–Trinajstić information content (AvgIpc) is 2.85. The number of sulfonamides is 1. The number of ether oxygens (including phenoxy) is 1. The van der Waals surface area contributed by atoms with Crippen LogP contribution in [0.25, 0.3) is 0 Å². The molecule has 0 bridgehead atoms. The first-order chi connectivity index (χ1) is 16.2. The number of carbonyl (C=O) groups excluding carboxylic acids is 1. The molecule has 0 aromatic heterocycles. The summed E-state index contributed by atoms with van der Waals surface area (Å²) in [5, 5.41) is 0.712. The van der Waals surface area contributed by atoms with E-state index in [1.54, 1.807) is 12.1 Å². The van der Waals surface area contributed by atoms with Gasteiger partial charge in [0.15, 0.2) is 0 Å². The highest BCUT2D eigenvalue weighted by Crippen LogP contribution is 2.31. The van der Waals surface area contributed by atoms with Crippen LogP contribution in [-0.2, 0) is 14.8 Å². The summed E-state index contributed by atoms with van der Waals surface area (Å²) >= 11 is 6.18. The lowest BCUT2D eigenvalue weighted by Crippen LogP contribution is -2.52. The standard InChI is InChI=1S/C25H32ClN3O4S/c1-18-4-7-23(33-3)24(16-18)34(31,32)29-10-8-20(9-11-29)25(30)28-14-12-27(13-15-28)22-17-21(26)6-5-19(22)2/h4-7,16-17,20H,8-15H2,1-3H3. The molecule has 2 fully saturated rings. The van der Waals surface area contributed by atoms with Gasteiger partial charge in [0.25, 0.3) is 0 Å². The Hall–Kier alpha value is -2.29. The molecular formula is C25H32ClN3O4S. The number of aryl methyl sites for hydroxylation is 2. The number of methoxy groups -OCH3 is 1. The van der Waals surface area contributed by atoms with Crippen molar-refractivity contribution in [3.8, 4) is 5.75 Å². The molecule has 4 rings (SSSR count). The van der Waals surface area contributed by atoms with Crippen molar-refractivity contribution in [2.24, 2.45) is 5.92 Å². The fourth-order valence-corrected chi connectivity index (χ4v) is 6.69. The second kappa shape index (κ2) is 10.1. The van der Waals surface area contributed by atoms with Crippen molar-refractivity contribution < 1.29 is 17.9 Å². The number of benzene rings is 2. The zero-order valence-corrected chi connectivity index (χ0v) is 21.5. The molecule has 34 heavy (non-hydrogen) atoms. The van der Waals surface area contributed by atoms with E-state index in [1.807, 2.05) is 36.1 Å². The topological polar surface area (TPSA) is 70.2 Å². The summed E-state index contributed by atoms with van der Waals surface area (Å²) in [4.78, 5) is 17.6. The lowest BCUT2D eigenvalue weighted by Gasteiger charge is -2.39. The summed E-state index contributed by atoms with van der Waals surface area (Å²) in [6.45, 7) is 7.41. The largest absolute Gasteiger partial charge is 0.495 e. The molecule has 2 aliphatic rings. The molecule has 7 nitrogen and oxygen atoms in total. The third kappa shape index (κ3) is 5.04. The minimum absolute atomic E-state index is 0.132. The minimum Gasteiger partial charge on any atom is -0.495 e. The van der Waals surface area contributed by atoms with Crippen molar-refractivity contribution in [1.29, 1.82) is 0 Å². The zero-order valence-electron chi connectivity index (χ0n) is 20.0. The number of rotatable bonds is 5. The Kier molecular flexibility index (Phi) is 7.40. The zero-order chi connectivity index (χ0) is 24.5. The van der Waals surface area contributed by atoms with Crippen LogP contribution in [0.4, 0.5) is 5.69 Å². The van der Waals surface area contributed by atoms with Gasteiger partial charge in [0.05, 0.1) is 7.11 Å². The van der Waals surface area contributed by atoms with E-state index in [2.05, 4.69) is 11.8 Å². The molecule has 0 unspecified atom stereocenters. The van der Waals surface area contributed by atoms with Crippen LogP contribution in [0.5, 0.6) is 5.75 Å². The van der Waals surface area contributed by atoms with Crippen LogP contribution in [0.1, 0.15) is 24.0 Å². The van der Waals surface area contributed by atoms with Gasteiger partial charge in [0.2, 0.25) is 15.9 Å². The van der Waals surface area contributed by atoms with Crippen LogP contribution in [0.15, 0.2) is 41.3 Å². The molecule has 0 atom stereocenters. The number of hydrogen-bond donors (Lipinski definition) is 0. The van der Waals surface area contributed by atoms with Crippen LogP contribution >= 0.6 is 11.6 Å². The van der Waals surface area contributed by atoms with Gasteiger partial charge in [-0.2, -0.15) is 4.31 Å². The minimum atomic E-state index is -3.68. The first-order valence-electron chi connectivity index (χ1n) is 11.7. The maximum absolute atomic E-state index is 13.3. The van der Waals surface area contributed by atoms with Crippen LogP contribution in [0, 0.1) is 19.8 Å². The molecule has 2 heterocycles. The molecular weight excluding hydrogens is 474 g/mol. The number of carbonyl (C=O) groups is 1. The third-order valence-corrected chi connectivity index (χ3v) is 9.00. The SMILES string of the molecule is COc1ccc(C)cc1S(=O)(=O)N1CCC(C(=O)N2CCN(c3cc(Cl)ccc3C)CC2)CC1. The molecule has 2 aliphatic heterocycles. The fraction of sp³-hybridized carbons (Fsp3) is 0.480. The van der Waals surface area contributed by atoms with E-state index < -0.39 is 10.0 Å². The van der Waals surface area contributed by atoms with Crippen LogP contribution in [0.3, 0.4) is 0 Å². The molecule has 2 aromatic carbocycles. The molecule has 1 amide bonds. The molecule has 0 aliphatic carbocycles. The maximum atomic E-state index is 13.3. The highest BCUT2D eigenvalue weighted by molar-refractivity contribution is 7.89. The predicted octanol–water partition coefficient (Wildman–Crippen LogP) is 3.71. The Balaban J connectivity index is 1.35. The van der Waals surface area contributed by atoms with E-state index in [-0.39, 0.29) is 16.7 Å². The Morgan fingerprint density at radius 2 is 1.65 bits per heavy atom. The summed E-state index contributed by atoms with van der Waals surface area (Å²) in [6, 6.07) is 11.0. The molecule has 2 saturated heterocycles. The van der Waals surface area contributed by atoms with Gasteiger partial charge in [0, 0.05) is 55.9 Å². The van der Waals surface area contributed by atoms with Crippen LogP contribution < -0.4 is 9.64 Å². The third-order valence-electron chi connectivity index (χ3n) is 6.84. The van der Waals surface area contributed by atoms with E-state index in [9.17, 15) is 13.2 Å². The van der Waals surface area contributed by atoms with Gasteiger partial charge in [-0.3, -0.25) is 4.79 Å².